The van der Waals surface area contributed by atoms with E-state index in [1.807, 2.05) is 26.0 Å². The average molecular weight is 464 g/mol. The average Bonchev–Trinajstić information content (AvgIpc) is 2.73. The second-order valence-electron chi connectivity index (χ2n) is 7.13. The molecule has 0 radical (unpaired) electrons. The fourth-order valence-corrected chi connectivity index (χ4v) is 2.88. The lowest BCUT2D eigenvalue weighted by atomic mass is 10.1. The molecular weight excluding hydrogens is 441 g/mol. The second-order valence-corrected chi connectivity index (χ2v) is 7.57. The van der Waals surface area contributed by atoms with Crippen molar-refractivity contribution in [3.05, 3.63) is 64.0 Å². The first kappa shape index (κ1) is 24.4. The van der Waals surface area contributed by atoms with Crippen LogP contribution in [0.25, 0.3) is 22.5 Å². The van der Waals surface area contributed by atoms with Crippen LogP contribution in [0, 0.1) is 5.92 Å². The van der Waals surface area contributed by atoms with E-state index in [1.165, 1.54) is 7.11 Å². The summed E-state index contributed by atoms with van der Waals surface area (Å²) in [7, 11) is 1.48. The van der Waals surface area contributed by atoms with Crippen molar-refractivity contribution in [3.63, 3.8) is 0 Å². The van der Waals surface area contributed by atoms with Crippen LogP contribution in [0.2, 0.25) is 5.02 Å². The lowest BCUT2D eigenvalue weighted by molar-refractivity contribution is -0.417. The number of nitrogens with one attached hydrogen (secondary N) is 1. The molecule has 2 aromatic carbocycles. The molecule has 9 heteroatoms. The van der Waals surface area contributed by atoms with E-state index in [2.05, 4.69) is 15.7 Å². The molecule has 0 saturated heterocycles. The maximum Gasteiger partial charge on any atom is 0.370 e. The maximum absolute atomic E-state index is 12.2. The molecule has 4 N–H and O–H groups in total. The fourth-order valence-electron chi connectivity index (χ4n) is 2.76. The van der Waals surface area contributed by atoms with Gasteiger partial charge in [-0.1, -0.05) is 37.6 Å². The third-order valence-electron chi connectivity index (χ3n) is 4.68. The van der Waals surface area contributed by atoms with Crippen molar-refractivity contribution in [1.29, 1.82) is 0 Å². The highest BCUT2D eigenvalue weighted by molar-refractivity contribution is 6.30. The summed E-state index contributed by atoms with van der Waals surface area (Å²) in [6.45, 7) is 3.80. The van der Waals surface area contributed by atoms with Crippen molar-refractivity contribution in [2.45, 2.75) is 19.9 Å². The number of H-pyrrole nitrogens is 1. The third-order valence-corrected chi connectivity index (χ3v) is 4.93. The zero-order chi connectivity index (χ0) is 21.8. The number of methoxy groups -OCH3 is 1. The van der Waals surface area contributed by atoms with Crippen molar-refractivity contribution in [2.24, 2.45) is 5.92 Å². The van der Waals surface area contributed by atoms with Crippen LogP contribution in [-0.2, 0) is 4.79 Å². The fraction of sp³-hybridized carbons (Fsp3) is 0.227. The third kappa shape index (κ3) is 5.85. The van der Waals surface area contributed by atoms with Crippen LogP contribution in [0.3, 0.4) is 0 Å². The van der Waals surface area contributed by atoms with Crippen LogP contribution in [0.4, 0.5) is 0 Å². The van der Waals surface area contributed by atoms with Gasteiger partial charge in [-0.05, 0) is 42.0 Å². The van der Waals surface area contributed by atoms with E-state index >= 15 is 0 Å². The number of halogens is 2. The summed E-state index contributed by atoms with van der Waals surface area (Å²) < 4.78 is 10.8. The SMILES string of the molecule is COc1cc(-c2cc(-c3ccc(Cl)cc3)[nH]c(=O)n2)ccc1OC(=O)[C@H]([NH3+])C(C)C.[Cl-]. The van der Waals surface area contributed by atoms with E-state index in [0.717, 1.165) is 5.56 Å². The quantitative estimate of drug-likeness (QED) is 0.393. The van der Waals surface area contributed by atoms with Crippen molar-refractivity contribution in [2.75, 3.05) is 7.11 Å². The van der Waals surface area contributed by atoms with E-state index in [0.29, 0.717) is 27.7 Å². The van der Waals surface area contributed by atoms with Gasteiger partial charge in [0.05, 0.1) is 18.5 Å². The van der Waals surface area contributed by atoms with Crippen LogP contribution >= 0.6 is 11.6 Å². The number of benzene rings is 2. The molecule has 3 aromatic rings. The number of carbonyl (C=O) groups excluding carboxylic acids is 1. The minimum atomic E-state index is -0.495. The number of aromatic amines is 1. The van der Waals surface area contributed by atoms with Gasteiger partial charge in [0.2, 0.25) is 0 Å². The molecule has 0 aliphatic carbocycles. The summed E-state index contributed by atoms with van der Waals surface area (Å²) in [5.74, 6) is 0.250. The standard InChI is InChI=1S/C22H22ClN3O4.ClH/c1-12(2)20(24)21(27)30-18-9-6-14(10-19(18)29-3)17-11-16(25-22(28)26-17)13-4-7-15(23)8-5-13;/h4-12,20H,24H2,1-3H3,(H,25,26,28);1H/t20-;/m1./s1. The molecule has 164 valence electrons. The number of quaternary nitrogens is 1. The van der Waals surface area contributed by atoms with E-state index in [9.17, 15) is 9.59 Å². The van der Waals surface area contributed by atoms with Crippen molar-refractivity contribution >= 4 is 17.6 Å². The normalized spacial score (nSPS) is 11.5. The molecule has 31 heavy (non-hydrogen) atoms. The molecule has 0 amide bonds. The predicted octanol–water partition coefficient (Wildman–Crippen LogP) is -0.0582. The molecule has 0 saturated carbocycles. The van der Waals surface area contributed by atoms with Crippen molar-refractivity contribution in [3.8, 4) is 34.0 Å². The van der Waals surface area contributed by atoms with Gasteiger partial charge < -0.3 is 32.6 Å². The first-order valence-corrected chi connectivity index (χ1v) is 9.76. The molecule has 0 fully saturated rings. The molecule has 0 bridgehead atoms. The van der Waals surface area contributed by atoms with E-state index < -0.39 is 17.7 Å². The Labute approximate surface area is 191 Å². The van der Waals surface area contributed by atoms with Crippen molar-refractivity contribution < 1.29 is 32.4 Å². The van der Waals surface area contributed by atoms with Crippen LogP contribution in [-0.4, -0.2) is 29.1 Å². The Hall–Kier alpha value is -2.87. The second kappa shape index (κ2) is 10.4. The molecule has 1 atom stereocenters. The predicted molar refractivity (Wildman–Crippen MR) is 114 cm³/mol. The first-order chi connectivity index (χ1) is 14.3. The Morgan fingerprint density at radius 2 is 1.71 bits per heavy atom. The number of aromatic nitrogens is 2. The van der Waals surface area contributed by atoms with E-state index in [-0.39, 0.29) is 24.1 Å². The number of esters is 1. The molecule has 0 aliphatic rings. The Morgan fingerprint density at radius 3 is 2.32 bits per heavy atom. The summed E-state index contributed by atoms with van der Waals surface area (Å²) in [4.78, 5) is 31.1. The summed E-state index contributed by atoms with van der Waals surface area (Å²) in [5, 5.41) is 0.604. The van der Waals surface area contributed by atoms with E-state index in [1.54, 1.807) is 36.4 Å². The summed E-state index contributed by atoms with van der Waals surface area (Å²) in [6.07, 6.45) is 0. The highest BCUT2D eigenvalue weighted by Gasteiger charge is 2.24. The number of ether oxygens (including phenoxy) is 2. The van der Waals surface area contributed by atoms with Crippen LogP contribution in [0.5, 0.6) is 11.5 Å². The Balaban J connectivity index is 0.00000341. The minimum absolute atomic E-state index is 0. The molecule has 0 spiro atoms. The lowest BCUT2D eigenvalue weighted by Crippen LogP contribution is -3.00. The van der Waals surface area contributed by atoms with Crippen LogP contribution in [0.1, 0.15) is 13.8 Å². The van der Waals surface area contributed by atoms with Gasteiger partial charge >= 0.3 is 11.7 Å². The maximum atomic E-state index is 12.2. The number of hydrogen-bond donors (Lipinski definition) is 2. The van der Waals surface area contributed by atoms with Gasteiger partial charge in [-0.25, -0.2) is 9.59 Å². The summed E-state index contributed by atoms with van der Waals surface area (Å²) in [5.41, 5.74) is 5.85. The van der Waals surface area contributed by atoms with Gasteiger partial charge in [-0.15, -0.1) is 0 Å². The van der Waals surface area contributed by atoms with Crippen LogP contribution < -0.4 is 33.3 Å². The molecule has 1 aromatic heterocycles. The molecule has 1 heterocycles. The number of carbonyl (C=O) groups is 1. The number of rotatable bonds is 6. The molecule has 0 aliphatic heterocycles. The number of hydrogen-bond acceptors (Lipinski definition) is 5. The van der Waals surface area contributed by atoms with Gasteiger partial charge in [0.15, 0.2) is 17.5 Å². The molecule has 3 rings (SSSR count). The van der Waals surface area contributed by atoms with Gasteiger partial charge in [0, 0.05) is 16.5 Å². The summed E-state index contributed by atoms with van der Waals surface area (Å²) >= 11 is 5.94. The monoisotopic (exact) mass is 463 g/mol. The highest BCUT2D eigenvalue weighted by atomic mass is 35.5. The summed E-state index contributed by atoms with van der Waals surface area (Å²) in [6, 6.07) is 13.4. The van der Waals surface area contributed by atoms with Crippen molar-refractivity contribution in [1.82, 2.24) is 9.97 Å². The Morgan fingerprint density at radius 1 is 1.06 bits per heavy atom. The Bertz CT molecular complexity index is 1110. The van der Waals surface area contributed by atoms with E-state index in [4.69, 9.17) is 21.1 Å². The zero-order valence-electron chi connectivity index (χ0n) is 17.3. The molecule has 0 unspecified atom stereocenters. The van der Waals surface area contributed by atoms with Gasteiger partial charge in [-0.2, -0.15) is 4.98 Å². The Kier molecular flexibility index (Phi) is 8.21. The van der Waals surface area contributed by atoms with Gasteiger partial charge in [0.1, 0.15) is 0 Å². The highest BCUT2D eigenvalue weighted by Crippen LogP contribution is 2.33. The zero-order valence-corrected chi connectivity index (χ0v) is 18.8. The van der Waals surface area contributed by atoms with Gasteiger partial charge in [-0.3, -0.25) is 0 Å². The van der Waals surface area contributed by atoms with Crippen LogP contribution in [0.15, 0.2) is 53.3 Å². The topological polar surface area (TPSA) is 109 Å². The molecular formula is C22H23Cl2N3O4. The minimum Gasteiger partial charge on any atom is -1.00 e. The largest absolute Gasteiger partial charge is 1.00 e. The smallest absolute Gasteiger partial charge is 0.370 e. The molecule has 7 nitrogen and oxygen atoms in total. The first-order valence-electron chi connectivity index (χ1n) is 9.39. The van der Waals surface area contributed by atoms with Gasteiger partial charge in [0.25, 0.3) is 0 Å². The lowest BCUT2D eigenvalue weighted by Gasteiger charge is -2.14. The number of nitrogens with zero attached hydrogens (tertiary/aromatic N) is 1.